The van der Waals surface area contributed by atoms with E-state index in [0.29, 0.717) is 12.1 Å². The molecule has 3 heteroatoms. The normalized spacial score (nSPS) is 9.00. The van der Waals surface area contributed by atoms with E-state index in [2.05, 4.69) is 0 Å². The summed E-state index contributed by atoms with van der Waals surface area (Å²) in [5.41, 5.74) is 6.89. The first-order valence-corrected chi connectivity index (χ1v) is 3.19. The van der Waals surface area contributed by atoms with E-state index >= 15 is 0 Å². The third kappa shape index (κ3) is 2.17. The molecule has 0 aliphatic carbocycles. The van der Waals surface area contributed by atoms with E-state index in [-0.39, 0.29) is 18.2 Å². The summed E-state index contributed by atoms with van der Waals surface area (Å²) in [6, 6.07) is 4.94. The molecule has 1 aromatic carbocycles. The molecule has 0 amide bonds. The van der Waals surface area contributed by atoms with Crippen LogP contribution in [0.5, 0.6) is 0 Å². The van der Waals surface area contributed by atoms with E-state index in [9.17, 15) is 4.39 Å². The van der Waals surface area contributed by atoms with Gasteiger partial charge in [0.2, 0.25) is 0 Å². The molecular formula is C8H11ClFN. The maximum absolute atomic E-state index is 12.7. The van der Waals surface area contributed by atoms with Crippen molar-refractivity contribution in [2.24, 2.45) is 5.73 Å². The van der Waals surface area contributed by atoms with Gasteiger partial charge in [0, 0.05) is 6.54 Å². The average molecular weight is 176 g/mol. The zero-order valence-corrected chi connectivity index (χ0v) is 7.12. The standard InChI is InChI=1S/C8H10FN.ClH/c1-6-7(5-10)3-2-4-8(6)9;/h2-4H,5,10H2,1H3;1H. The summed E-state index contributed by atoms with van der Waals surface area (Å²) < 4.78 is 12.7. The Labute approximate surface area is 71.8 Å². The van der Waals surface area contributed by atoms with Crippen LogP contribution in [0.4, 0.5) is 4.39 Å². The van der Waals surface area contributed by atoms with Crippen molar-refractivity contribution in [2.45, 2.75) is 13.5 Å². The van der Waals surface area contributed by atoms with Crippen molar-refractivity contribution >= 4 is 12.4 Å². The first-order valence-electron chi connectivity index (χ1n) is 3.19. The van der Waals surface area contributed by atoms with E-state index in [4.69, 9.17) is 5.73 Å². The zero-order chi connectivity index (χ0) is 7.56. The Balaban J connectivity index is 0.000001000. The van der Waals surface area contributed by atoms with E-state index in [1.54, 1.807) is 13.0 Å². The number of hydrogen-bond donors (Lipinski definition) is 1. The summed E-state index contributed by atoms with van der Waals surface area (Å²) in [6.45, 7) is 2.14. The van der Waals surface area contributed by atoms with Crippen LogP contribution in [0, 0.1) is 12.7 Å². The van der Waals surface area contributed by atoms with Crippen LogP contribution in [-0.2, 0) is 6.54 Å². The molecule has 0 aliphatic rings. The summed E-state index contributed by atoms with van der Waals surface area (Å²) >= 11 is 0. The van der Waals surface area contributed by atoms with Gasteiger partial charge in [0.05, 0.1) is 0 Å². The summed E-state index contributed by atoms with van der Waals surface area (Å²) in [7, 11) is 0. The van der Waals surface area contributed by atoms with Crippen molar-refractivity contribution < 1.29 is 4.39 Å². The molecule has 0 bridgehead atoms. The molecular weight excluding hydrogens is 165 g/mol. The van der Waals surface area contributed by atoms with Crippen LogP contribution in [0.3, 0.4) is 0 Å². The van der Waals surface area contributed by atoms with Gasteiger partial charge in [-0.1, -0.05) is 12.1 Å². The predicted molar refractivity (Wildman–Crippen MR) is 46.3 cm³/mol. The summed E-state index contributed by atoms with van der Waals surface area (Å²) in [4.78, 5) is 0. The summed E-state index contributed by atoms with van der Waals surface area (Å²) in [6.07, 6.45) is 0. The number of benzene rings is 1. The minimum atomic E-state index is -0.178. The van der Waals surface area contributed by atoms with E-state index in [1.165, 1.54) is 6.07 Å². The highest BCUT2D eigenvalue weighted by molar-refractivity contribution is 5.85. The highest BCUT2D eigenvalue weighted by atomic mass is 35.5. The topological polar surface area (TPSA) is 26.0 Å². The van der Waals surface area contributed by atoms with Crippen molar-refractivity contribution in [1.29, 1.82) is 0 Å². The second-order valence-corrected chi connectivity index (χ2v) is 2.23. The molecule has 0 aliphatic heterocycles. The van der Waals surface area contributed by atoms with Gasteiger partial charge in [-0.05, 0) is 24.1 Å². The lowest BCUT2D eigenvalue weighted by molar-refractivity contribution is 0.615. The van der Waals surface area contributed by atoms with Gasteiger partial charge in [0.1, 0.15) is 5.82 Å². The Morgan fingerprint density at radius 3 is 2.55 bits per heavy atom. The lowest BCUT2D eigenvalue weighted by Gasteiger charge is -2.01. The molecule has 62 valence electrons. The van der Waals surface area contributed by atoms with E-state index in [1.807, 2.05) is 6.07 Å². The molecule has 0 spiro atoms. The van der Waals surface area contributed by atoms with Crippen molar-refractivity contribution in [1.82, 2.24) is 0 Å². The molecule has 0 aromatic heterocycles. The Morgan fingerprint density at radius 2 is 2.09 bits per heavy atom. The Bertz CT molecular complexity index is 238. The maximum Gasteiger partial charge on any atom is 0.126 e. The number of hydrogen-bond acceptors (Lipinski definition) is 1. The third-order valence-electron chi connectivity index (χ3n) is 1.60. The minimum absolute atomic E-state index is 0. The largest absolute Gasteiger partial charge is 0.326 e. The maximum atomic E-state index is 12.7. The van der Waals surface area contributed by atoms with E-state index in [0.717, 1.165) is 5.56 Å². The smallest absolute Gasteiger partial charge is 0.126 e. The molecule has 0 saturated heterocycles. The second-order valence-electron chi connectivity index (χ2n) is 2.23. The quantitative estimate of drug-likeness (QED) is 0.695. The highest BCUT2D eigenvalue weighted by Gasteiger charge is 1.99. The van der Waals surface area contributed by atoms with Gasteiger partial charge in [-0.15, -0.1) is 12.4 Å². The fourth-order valence-corrected chi connectivity index (χ4v) is 0.873. The third-order valence-corrected chi connectivity index (χ3v) is 1.60. The van der Waals surface area contributed by atoms with Crippen molar-refractivity contribution in [3.8, 4) is 0 Å². The van der Waals surface area contributed by atoms with Crippen LogP contribution in [0.1, 0.15) is 11.1 Å². The van der Waals surface area contributed by atoms with Crippen LogP contribution >= 0.6 is 12.4 Å². The first-order chi connectivity index (χ1) is 4.75. The van der Waals surface area contributed by atoms with Gasteiger partial charge in [-0.3, -0.25) is 0 Å². The van der Waals surface area contributed by atoms with E-state index < -0.39 is 0 Å². The average Bonchev–Trinajstić information content (AvgIpc) is 1.95. The van der Waals surface area contributed by atoms with Crippen LogP contribution < -0.4 is 5.73 Å². The monoisotopic (exact) mass is 175 g/mol. The molecule has 0 fully saturated rings. The van der Waals surface area contributed by atoms with Crippen LogP contribution in [0.15, 0.2) is 18.2 Å². The molecule has 0 unspecified atom stereocenters. The van der Waals surface area contributed by atoms with Gasteiger partial charge in [-0.2, -0.15) is 0 Å². The summed E-state index contributed by atoms with van der Waals surface area (Å²) in [5, 5.41) is 0. The highest BCUT2D eigenvalue weighted by Crippen LogP contribution is 2.10. The van der Waals surface area contributed by atoms with Crippen LogP contribution in [0.2, 0.25) is 0 Å². The summed E-state index contributed by atoms with van der Waals surface area (Å²) in [5.74, 6) is -0.178. The molecule has 0 heterocycles. The van der Waals surface area contributed by atoms with Crippen LogP contribution in [0.25, 0.3) is 0 Å². The van der Waals surface area contributed by atoms with Crippen LogP contribution in [-0.4, -0.2) is 0 Å². The molecule has 1 aromatic rings. The Morgan fingerprint density at radius 1 is 1.45 bits per heavy atom. The van der Waals surface area contributed by atoms with Gasteiger partial charge in [0.25, 0.3) is 0 Å². The van der Waals surface area contributed by atoms with Crippen molar-refractivity contribution in [3.63, 3.8) is 0 Å². The second kappa shape index (κ2) is 4.31. The van der Waals surface area contributed by atoms with Gasteiger partial charge >= 0.3 is 0 Å². The zero-order valence-electron chi connectivity index (χ0n) is 6.30. The fraction of sp³-hybridized carbons (Fsp3) is 0.250. The molecule has 2 N–H and O–H groups in total. The minimum Gasteiger partial charge on any atom is -0.326 e. The lowest BCUT2D eigenvalue weighted by atomic mass is 10.1. The molecule has 1 rings (SSSR count). The SMILES string of the molecule is Cc1c(F)cccc1CN.Cl. The van der Waals surface area contributed by atoms with Crippen molar-refractivity contribution in [2.75, 3.05) is 0 Å². The van der Waals surface area contributed by atoms with Gasteiger partial charge in [-0.25, -0.2) is 4.39 Å². The number of nitrogens with two attached hydrogens (primary N) is 1. The first kappa shape index (κ1) is 10.4. The fourth-order valence-electron chi connectivity index (χ4n) is 0.873. The Kier molecular flexibility index (Phi) is 4.08. The lowest BCUT2D eigenvalue weighted by Crippen LogP contribution is -1.99. The van der Waals surface area contributed by atoms with Crippen molar-refractivity contribution in [3.05, 3.63) is 35.1 Å². The molecule has 0 saturated carbocycles. The molecule has 0 radical (unpaired) electrons. The Hall–Kier alpha value is -0.600. The predicted octanol–water partition coefficient (Wildman–Crippen LogP) is 2.01. The number of rotatable bonds is 1. The molecule has 1 nitrogen and oxygen atoms in total. The molecule has 0 atom stereocenters. The molecule has 11 heavy (non-hydrogen) atoms. The van der Waals surface area contributed by atoms with Gasteiger partial charge in [0.15, 0.2) is 0 Å². The van der Waals surface area contributed by atoms with Gasteiger partial charge < -0.3 is 5.73 Å². The number of halogens is 2.